The predicted molar refractivity (Wildman–Crippen MR) is 68.3 cm³/mol. The highest BCUT2D eigenvalue weighted by Crippen LogP contribution is 2.26. The topological polar surface area (TPSA) is 26.0 Å². The highest BCUT2D eigenvalue weighted by Gasteiger charge is 2.20. The van der Waals surface area contributed by atoms with Crippen LogP contribution in [0.3, 0.4) is 0 Å². The molecule has 2 aromatic rings. The van der Waals surface area contributed by atoms with E-state index in [9.17, 15) is 0 Å². The minimum absolute atomic E-state index is 0.0480. The molecule has 0 bridgehead atoms. The predicted octanol–water partition coefficient (Wildman–Crippen LogP) is 4.40. The maximum Gasteiger partial charge on any atom is 0.199 e. The van der Waals surface area contributed by atoms with E-state index in [0.717, 1.165) is 21.6 Å². The fraction of sp³-hybridized carbons (Fsp3) is 0.308. The molecule has 0 spiro atoms. The lowest BCUT2D eigenvalue weighted by Crippen LogP contribution is -2.11. The molecular formula is C13H14BrNO. The third-order valence-corrected chi connectivity index (χ3v) is 2.81. The fourth-order valence-corrected chi connectivity index (χ4v) is 1.64. The van der Waals surface area contributed by atoms with Crippen LogP contribution in [0.15, 0.2) is 39.4 Å². The Morgan fingerprint density at radius 3 is 2.25 bits per heavy atom. The second-order valence-electron chi connectivity index (χ2n) is 4.79. The number of hydrogen-bond acceptors (Lipinski definition) is 2. The molecule has 84 valence electrons. The van der Waals surface area contributed by atoms with Crippen LogP contribution in [0.25, 0.3) is 11.3 Å². The zero-order valence-electron chi connectivity index (χ0n) is 9.62. The summed E-state index contributed by atoms with van der Waals surface area (Å²) in [5.74, 6) is 0.769. The Balaban J connectivity index is 2.35. The molecule has 2 rings (SSSR count). The molecule has 0 radical (unpaired) electrons. The van der Waals surface area contributed by atoms with Gasteiger partial charge >= 0.3 is 0 Å². The average molecular weight is 280 g/mol. The van der Waals surface area contributed by atoms with Gasteiger partial charge in [0.15, 0.2) is 5.89 Å². The first-order chi connectivity index (χ1) is 7.47. The van der Waals surface area contributed by atoms with Crippen LogP contribution in [0, 0.1) is 0 Å². The summed E-state index contributed by atoms with van der Waals surface area (Å²) in [6.07, 6.45) is 1.71. The van der Waals surface area contributed by atoms with Crippen molar-refractivity contribution in [2.24, 2.45) is 0 Å². The summed E-state index contributed by atoms with van der Waals surface area (Å²) in [6, 6.07) is 8.05. The standard InChI is InChI=1S/C13H14BrNO/c1-13(2,3)12-15-11(8-16-12)9-4-6-10(14)7-5-9/h4-8H,1-3H3. The molecule has 3 heteroatoms. The van der Waals surface area contributed by atoms with Gasteiger partial charge in [0.2, 0.25) is 0 Å². The molecule has 0 aliphatic rings. The number of aromatic nitrogens is 1. The van der Waals surface area contributed by atoms with Crippen molar-refractivity contribution in [3.63, 3.8) is 0 Å². The van der Waals surface area contributed by atoms with Crippen molar-refractivity contribution in [3.05, 3.63) is 40.9 Å². The van der Waals surface area contributed by atoms with Crippen molar-refractivity contribution in [2.75, 3.05) is 0 Å². The largest absolute Gasteiger partial charge is 0.448 e. The maximum atomic E-state index is 5.49. The van der Waals surface area contributed by atoms with Crippen molar-refractivity contribution >= 4 is 15.9 Å². The van der Waals surface area contributed by atoms with Gasteiger partial charge in [0.05, 0.1) is 0 Å². The number of nitrogens with zero attached hydrogens (tertiary/aromatic N) is 1. The van der Waals surface area contributed by atoms with Crippen LogP contribution < -0.4 is 0 Å². The third kappa shape index (κ3) is 2.35. The van der Waals surface area contributed by atoms with Gasteiger partial charge in [-0.2, -0.15) is 0 Å². The van der Waals surface area contributed by atoms with Gasteiger partial charge in [-0.15, -0.1) is 0 Å². The molecule has 0 saturated carbocycles. The summed E-state index contributed by atoms with van der Waals surface area (Å²) in [5.41, 5.74) is 1.91. The van der Waals surface area contributed by atoms with Crippen LogP contribution >= 0.6 is 15.9 Å². The van der Waals surface area contributed by atoms with Crippen LogP contribution in [0.5, 0.6) is 0 Å². The highest BCUT2D eigenvalue weighted by atomic mass is 79.9. The lowest BCUT2D eigenvalue weighted by molar-refractivity contribution is 0.392. The lowest BCUT2D eigenvalue weighted by Gasteiger charge is -2.11. The van der Waals surface area contributed by atoms with Gasteiger partial charge in [0.25, 0.3) is 0 Å². The van der Waals surface area contributed by atoms with Crippen molar-refractivity contribution in [1.82, 2.24) is 4.98 Å². The van der Waals surface area contributed by atoms with Crippen LogP contribution in [-0.4, -0.2) is 4.98 Å². The Morgan fingerprint density at radius 1 is 1.12 bits per heavy atom. The normalized spacial score (nSPS) is 11.8. The van der Waals surface area contributed by atoms with E-state index in [4.69, 9.17) is 4.42 Å². The number of rotatable bonds is 1. The van der Waals surface area contributed by atoms with Crippen molar-refractivity contribution < 1.29 is 4.42 Å². The molecule has 0 fully saturated rings. The molecule has 0 aliphatic heterocycles. The Kier molecular flexibility index (Phi) is 2.89. The average Bonchev–Trinajstić information content (AvgIpc) is 2.67. The molecule has 1 aromatic carbocycles. The quantitative estimate of drug-likeness (QED) is 0.773. The summed E-state index contributed by atoms with van der Waals surface area (Å²) in [4.78, 5) is 4.50. The molecule has 16 heavy (non-hydrogen) atoms. The van der Waals surface area contributed by atoms with E-state index < -0.39 is 0 Å². The van der Waals surface area contributed by atoms with E-state index in [-0.39, 0.29) is 5.41 Å². The van der Waals surface area contributed by atoms with Gasteiger partial charge in [0, 0.05) is 15.5 Å². The second-order valence-corrected chi connectivity index (χ2v) is 5.71. The number of benzene rings is 1. The summed E-state index contributed by atoms with van der Waals surface area (Å²) in [6.45, 7) is 6.26. The van der Waals surface area contributed by atoms with E-state index in [1.807, 2.05) is 24.3 Å². The first kappa shape index (κ1) is 11.4. The van der Waals surface area contributed by atoms with E-state index >= 15 is 0 Å². The van der Waals surface area contributed by atoms with Gasteiger partial charge in [-0.3, -0.25) is 0 Å². The lowest BCUT2D eigenvalue weighted by atomic mass is 9.97. The number of oxazole rings is 1. The van der Waals surface area contributed by atoms with E-state index in [1.54, 1.807) is 6.26 Å². The van der Waals surface area contributed by atoms with Gasteiger partial charge < -0.3 is 4.42 Å². The molecule has 0 atom stereocenters. The van der Waals surface area contributed by atoms with Crippen molar-refractivity contribution in [1.29, 1.82) is 0 Å². The van der Waals surface area contributed by atoms with Crippen LogP contribution in [0.2, 0.25) is 0 Å². The smallest absolute Gasteiger partial charge is 0.199 e. The Labute approximate surface area is 104 Å². The van der Waals surface area contributed by atoms with E-state index in [1.165, 1.54) is 0 Å². The molecular weight excluding hydrogens is 266 g/mol. The monoisotopic (exact) mass is 279 g/mol. The van der Waals surface area contributed by atoms with Crippen LogP contribution in [0.4, 0.5) is 0 Å². The Bertz CT molecular complexity index is 479. The van der Waals surface area contributed by atoms with Gasteiger partial charge in [-0.25, -0.2) is 4.98 Å². The molecule has 2 nitrogen and oxygen atoms in total. The first-order valence-corrected chi connectivity index (χ1v) is 5.98. The van der Waals surface area contributed by atoms with E-state index in [2.05, 4.69) is 41.7 Å². The van der Waals surface area contributed by atoms with E-state index in [0.29, 0.717) is 0 Å². The van der Waals surface area contributed by atoms with Gasteiger partial charge in [-0.05, 0) is 12.1 Å². The van der Waals surface area contributed by atoms with Gasteiger partial charge in [-0.1, -0.05) is 48.8 Å². The molecule has 1 heterocycles. The molecule has 0 unspecified atom stereocenters. The Morgan fingerprint density at radius 2 is 1.75 bits per heavy atom. The fourth-order valence-electron chi connectivity index (χ4n) is 1.37. The second kappa shape index (κ2) is 4.06. The van der Waals surface area contributed by atoms with Crippen molar-refractivity contribution in [2.45, 2.75) is 26.2 Å². The molecule has 0 saturated heterocycles. The van der Waals surface area contributed by atoms with Crippen molar-refractivity contribution in [3.8, 4) is 11.3 Å². The SMILES string of the molecule is CC(C)(C)c1nc(-c2ccc(Br)cc2)co1. The minimum atomic E-state index is -0.0480. The summed E-state index contributed by atoms with van der Waals surface area (Å²) in [7, 11) is 0. The molecule has 0 N–H and O–H groups in total. The summed E-state index contributed by atoms with van der Waals surface area (Å²) < 4.78 is 6.56. The third-order valence-electron chi connectivity index (χ3n) is 2.29. The summed E-state index contributed by atoms with van der Waals surface area (Å²) >= 11 is 3.41. The Hall–Kier alpha value is -1.09. The highest BCUT2D eigenvalue weighted by molar-refractivity contribution is 9.10. The van der Waals surface area contributed by atoms with Crippen LogP contribution in [-0.2, 0) is 5.41 Å². The zero-order valence-corrected chi connectivity index (χ0v) is 11.2. The summed E-state index contributed by atoms with van der Waals surface area (Å²) in [5, 5.41) is 0. The number of halogens is 1. The minimum Gasteiger partial charge on any atom is -0.448 e. The van der Waals surface area contributed by atoms with Gasteiger partial charge in [0.1, 0.15) is 12.0 Å². The molecule has 0 aliphatic carbocycles. The number of hydrogen-bond donors (Lipinski definition) is 0. The molecule has 1 aromatic heterocycles. The maximum absolute atomic E-state index is 5.49. The zero-order chi connectivity index (χ0) is 11.8. The van der Waals surface area contributed by atoms with Crippen LogP contribution in [0.1, 0.15) is 26.7 Å². The first-order valence-electron chi connectivity index (χ1n) is 5.19. The molecule has 0 amide bonds.